The standard InChI is InChI=1S/C16H25BrFN/c1-5-8-19-11-13(16(2,3)4)9-12-10-14(18)6-7-15(12)17/h6-7,10,13,19H,5,8-9,11H2,1-4H3. The van der Waals surface area contributed by atoms with Crippen LogP contribution in [0.25, 0.3) is 0 Å². The van der Waals surface area contributed by atoms with E-state index in [0.29, 0.717) is 5.92 Å². The van der Waals surface area contributed by atoms with E-state index in [1.807, 2.05) is 0 Å². The average Bonchev–Trinajstić information content (AvgIpc) is 2.31. The van der Waals surface area contributed by atoms with Crippen LogP contribution in [-0.4, -0.2) is 13.1 Å². The predicted molar refractivity (Wildman–Crippen MR) is 83.9 cm³/mol. The van der Waals surface area contributed by atoms with E-state index in [4.69, 9.17) is 0 Å². The van der Waals surface area contributed by atoms with Crippen molar-refractivity contribution >= 4 is 15.9 Å². The first kappa shape index (κ1) is 16.6. The summed E-state index contributed by atoms with van der Waals surface area (Å²) in [5.74, 6) is 0.324. The third kappa shape index (κ3) is 5.62. The third-order valence-electron chi connectivity index (χ3n) is 3.52. The van der Waals surface area contributed by atoms with Gasteiger partial charge in [0.25, 0.3) is 0 Å². The Morgan fingerprint density at radius 3 is 2.58 bits per heavy atom. The van der Waals surface area contributed by atoms with Crippen LogP contribution in [0.3, 0.4) is 0 Å². The summed E-state index contributed by atoms with van der Waals surface area (Å²) < 4.78 is 14.4. The van der Waals surface area contributed by atoms with Gasteiger partial charge in [0.2, 0.25) is 0 Å². The van der Waals surface area contributed by atoms with Crippen molar-refractivity contribution in [1.82, 2.24) is 5.32 Å². The van der Waals surface area contributed by atoms with Gasteiger partial charge < -0.3 is 5.32 Å². The second-order valence-electron chi connectivity index (χ2n) is 6.21. The lowest BCUT2D eigenvalue weighted by Crippen LogP contribution is -2.33. The van der Waals surface area contributed by atoms with E-state index in [1.54, 1.807) is 12.1 Å². The second-order valence-corrected chi connectivity index (χ2v) is 7.06. The molecule has 1 atom stereocenters. The second kappa shape index (κ2) is 7.39. The Morgan fingerprint density at radius 1 is 1.32 bits per heavy atom. The molecule has 0 aliphatic heterocycles. The van der Waals surface area contributed by atoms with E-state index < -0.39 is 0 Å². The maximum absolute atomic E-state index is 13.4. The fourth-order valence-corrected chi connectivity index (χ4v) is 2.51. The van der Waals surface area contributed by atoms with Gasteiger partial charge in [-0.2, -0.15) is 0 Å². The number of hydrogen-bond donors (Lipinski definition) is 1. The zero-order valence-corrected chi connectivity index (χ0v) is 14.0. The van der Waals surface area contributed by atoms with Gasteiger partial charge in [-0.1, -0.05) is 43.6 Å². The van der Waals surface area contributed by atoms with Crippen molar-refractivity contribution in [1.29, 1.82) is 0 Å². The molecule has 0 aliphatic carbocycles. The molecule has 0 amide bonds. The molecule has 1 nitrogen and oxygen atoms in total. The maximum Gasteiger partial charge on any atom is 0.123 e. The van der Waals surface area contributed by atoms with E-state index in [1.165, 1.54) is 6.07 Å². The molecule has 0 heterocycles. The summed E-state index contributed by atoms with van der Waals surface area (Å²) in [5, 5.41) is 3.49. The zero-order valence-electron chi connectivity index (χ0n) is 12.4. The topological polar surface area (TPSA) is 12.0 Å². The fourth-order valence-electron chi connectivity index (χ4n) is 2.10. The quantitative estimate of drug-likeness (QED) is 0.739. The molecule has 0 bridgehead atoms. The number of nitrogens with one attached hydrogen (secondary N) is 1. The minimum Gasteiger partial charge on any atom is -0.316 e. The molecule has 1 aromatic rings. The highest BCUT2D eigenvalue weighted by Gasteiger charge is 2.25. The molecule has 0 aliphatic rings. The lowest BCUT2D eigenvalue weighted by Gasteiger charge is -2.31. The summed E-state index contributed by atoms with van der Waals surface area (Å²) >= 11 is 3.52. The van der Waals surface area contributed by atoms with Crippen molar-refractivity contribution in [3.63, 3.8) is 0 Å². The molecule has 0 aromatic heterocycles. The third-order valence-corrected chi connectivity index (χ3v) is 4.29. The van der Waals surface area contributed by atoms with Crippen molar-refractivity contribution in [3.8, 4) is 0 Å². The van der Waals surface area contributed by atoms with Crippen LogP contribution in [0.15, 0.2) is 22.7 Å². The molecule has 1 unspecified atom stereocenters. The smallest absolute Gasteiger partial charge is 0.123 e. The highest BCUT2D eigenvalue weighted by molar-refractivity contribution is 9.10. The average molecular weight is 330 g/mol. The number of hydrogen-bond acceptors (Lipinski definition) is 1. The van der Waals surface area contributed by atoms with E-state index in [2.05, 4.69) is 48.9 Å². The lowest BCUT2D eigenvalue weighted by atomic mass is 9.77. The summed E-state index contributed by atoms with van der Waals surface area (Å²) in [7, 11) is 0. The van der Waals surface area contributed by atoms with E-state index in [-0.39, 0.29) is 11.2 Å². The Kier molecular flexibility index (Phi) is 6.48. The monoisotopic (exact) mass is 329 g/mol. The Balaban J connectivity index is 2.79. The van der Waals surface area contributed by atoms with Crippen molar-refractivity contribution in [2.45, 2.75) is 40.5 Å². The van der Waals surface area contributed by atoms with E-state index in [9.17, 15) is 4.39 Å². The van der Waals surface area contributed by atoms with Gasteiger partial charge in [-0.3, -0.25) is 0 Å². The van der Waals surface area contributed by atoms with Crippen LogP contribution in [0.1, 0.15) is 39.7 Å². The Hall–Kier alpha value is -0.410. The van der Waals surface area contributed by atoms with E-state index >= 15 is 0 Å². The van der Waals surface area contributed by atoms with Gasteiger partial charge >= 0.3 is 0 Å². The summed E-state index contributed by atoms with van der Waals surface area (Å²) in [6.45, 7) is 10.9. The lowest BCUT2D eigenvalue weighted by molar-refractivity contribution is 0.230. The number of benzene rings is 1. The van der Waals surface area contributed by atoms with Gasteiger partial charge in [0.05, 0.1) is 0 Å². The molecular formula is C16H25BrFN. The normalized spacial score (nSPS) is 13.6. The molecule has 1 aromatic carbocycles. The van der Waals surface area contributed by atoms with Gasteiger partial charge in [0.1, 0.15) is 5.82 Å². The van der Waals surface area contributed by atoms with Crippen molar-refractivity contribution in [2.75, 3.05) is 13.1 Å². The van der Waals surface area contributed by atoms with Crippen LogP contribution in [-0.2, 0) is 6.42 Å². The van der Waals surface area contributed by atoms with Crippen LogP contribution < -0.4 is 5.32 Å². The summed E-state index contributed by atoms with van der Waals surface area (Å²) in [4.78, 5) is 0. The molecule has 1 N–H and O–H groups in total. The summed E-state index contributed by atoms with van der Waals surface area (Å²) in [6.07, 6.45) is 2.03. The van der Waals surface area contributed by atoms with Crippen LogP contribution in [0.4, 0.5) is 4.39 Å². The van der Waals surface area contributed by atoms with Gasteiger partial charge in [-0.25, -0.2) is 4.39 Å². The molecule has 0 spiro atoms. The molecule has 0 fully saturated rings. The molecule has 3 heteroatoms. The molecule has 0 saturated heterocycles. The molecule has 0 saturated carbocycles. The first-order chi connectivity index (χ1) is 8.84. The van der Waals surface area contributed by atoms with E-state index in [0.717, 1.165) is 36.0 Å². The first-order valence-electron chi connectivity index (χ1n) is 6.99. The molecule has 19 heavy (non-hydrogen) atoms. The van der Waals surface area contributed by atoms with Crippen molar-refractivity contribution in [3.05, 3.63) is 34.1 Å². The zero-order chi connectivity index (χ0) is 14.5. The van der Waals surface area contributed by atoms with Gasteiger partial charge in [0.15, 0.2) is 0 Å². The Labute approximate surface area is 125 Å². The SMILES string of the molecule is CCCNCC(Cc1cc(F)ccc1Br)C(C)(C)C. The molecule has 1 rings (SSSR count). The largest absolute Gasteiger partial charge is 0.316 e. The van der Waals surface area contributed by atoms with Crippen LogP contribution >= 0.6 is 15.9 Å². The highest BCUT2D eigenvalue weighted by atomic mass is 79.9. The van der Waals surface area contributed by atoms with Gasteiger partial charge in [0, 0.05) is 4.47 Å². The molecular weight excluding hydrogens is 305 g/mol. The first-order valence-corrected chi connectivity index (χ1v) is 7.78. The summed E-state index contributed by atoms with van der Waals surface area (Å²) in [5.41, 5.74) is 1.25. The molecule has 108 valence electrons. The van der Waals surface area contributed by atoms with Gasteiger partial charge in [-0.05, 0) is 61.0 Å². The molecule has 0 radical (unpaired) electrons. The Morgan fingerprint density at radius 2 is 2.00 bits per heavy atom. The van der Waals surface area contributed by atoms with Crippen LogP contribution in [0.5, 0.6) is 0 Å². The van der Waals surface area contributed by atoms with Crippen molar-refractivity contribution in [2.24, 2.45) is 11.3 Å². The maximum atomic E-state index is 13.4. The minimum absolute atomic E-state index is 0.160. The minimum atomic E-state index is -0.160. The fraction of sp³-hybridized carbons (Fsp3) is 0.625. The highest BCUT2D eigenvalue weighted by Crippen LogP contribution is 2.31. The summed E-state index contributed by atoms with van der Waals surface area (Å²) in [6, 6.07) is 4.93. The number of rotatable bonds is 6. The predicted octanol–water partition coefficient (Wildman–Crippen LogP) is 4.79. The van der Waals surface area contributed by atoms with Gasteiger partial charge in [-0.15, -0.1) is 0 Å². The Bertz CT molecular complexity index is 398. The van der Waals surface area contributed by atoms with Crippen LogP contribution in [0.2, 0.25) is 0 Å². The van der Waals surface area contributed by atoms with Crippen molar-refractivity contribution < 1.29 is 4.39 Å². The number of halogens is 2. The van der Waals surface area contributed by atoms with Crippen LogP contribution in [0, 0.1) is 17.2 Å².